The van der Waals surface area contributed by atoms with E-state index in [9.17, 15) is 9.90 Å². The summed E-state index contributed by atoms with van der Waals surface area (Å²) < 4.78 is 0.811. The Morgan fingerprint density at radius 1 is 1.53 bits per heavy atom. The van der Waals surface area contributed by atoms with Gasteiger partial charge < -0.3 is 10.4 Å². The predicted molar refractivity (Wildman–Crippen MR) is 75.9 cm³/mol. The highest BCUT2D eigenvalue weighted by Gasteiger charge is 2.30. The quantitative estimate of drug-likeness (QED) is 0.892. The van der Waals surface area contributed by atoms with E-state index in [1.165, 1.54) is 11.3 Å². The Morgan fingerprint density at radius 2 is 2.24 bits per heavy atom. The topological polar surface area (TPSA) is 49.3 Å². The summed E-state index contributed by atoms with van der Waals surface area (Å²) in [5.41, 5.74) is -0.718. The summed E-state index contributed by atoms with van der Waals surface area (Å²) in [6.45, 7) is 0.344. The van der Waals surface area contributed by atoms with Crippen molar-refractivity contribution in [2.24, 2.45) is 0 Å². The number of amides is 1. The minimum absolute atomic E-state index is 0.112. The molecule has 0 radical (unpaired) electrons. The van der Waals surface area contributed by atoms with Crippen molar-refractivity contribution in [1.29, 1.82) is 0 Å². The van der Waals surface area contributed by atoms with E-state index in [1.807, 2.05) is 23.2 Å². The van der Waals surface area contributed by atoms with Crippen molar-refractivity contribution in [3.05, 3.63) is 20.8 Å². The molecule has 6 heteroatoms. The first kappa shape index (κ1) is 13.4. The Kier molecular flexibility index (Phi) is 4.52. The monoisotopic (exact) mass is 335 g/mol. The number of carbonyl (C=O) groups excluding carboxylic acids is 1. The Bertz CT molecular complexity index is 402. The van der Waals surface area contributed by atoms with Crippen LogP contribution in [0, 0.1) is 0 Å². The molecule has 94 valence electrons. The molecular weight excluding hydrogens is 322 g/mol. The van der Waals surface area contributed by atoms with Gasteiger partial charge in [-0.1, -0.05) is 0 Å². The molecular formula is C11H14BrNO2S2. The number of aliphatic hydroxyl groups is 1. The second-order valence-electron chi connectivity index (χ2n) is 4.12. The lowest BCUT2D eigenvalue weighted by atomic mass is 9.97. The molecule has 0 bridgehead atoms. The molecule has 1 aromatic rings. The lowest BCUT2D eigenvalue weighted by Crippen LogP contribution is -2.45. The molecule has 0 spiro atoms. The number of thioether (sulfide) groups is 1. The van der Waals surface area contributed by atoms with Crippen LogP contribution in [-0.2, 0) is 0 Å². The molecule has 17 heavy (non-hydrogen) atoms. The fraction of sp³-hybridized carbons (Fsp3) is 0.545. The lowest BCUT2D eigenvalue weighted by molar-refractivity contribution is 0.0312. The standard InChI is InChI=1S/C11H14BrNO2S2/c12-8-1-4-17-9(8)10(14)13-7-11(15)2-5-16-6-3-11/h1,4,15H,2-3,5-7H2,(H,13,14). The van der Waals surface area contributed by atoms with Gasteiger partial charge in [0.25, 0.3) is 5.91 Å². The van der Waals surface area contributed by atoms with Crippen LogP contribution < -0.4 is 5.32 Å². The predicted octanol–water partition coefficient (Wildman–Crippen LogP) is 2.50. The van der Waals surface area contributed by atoms with E-state index >= 15 is 0 Å². The number of rotatable bonds is 3. The second kappa shape index (κ2) is 5.73. The van der Waals surface area contributed by atoms with E-state index in [0.29, 0.717) is 11.4 Å². The van der Waals surface area contributed by atoms with Gasteiger partial charge in [-0.05, 0) is 51.7 Å². The van der Waals surface area contributed by atoms with E-state index in [4.69, 9.17) is 0 Å². The van der Waals surface area contributed by atoms with E-state index in [1.54, 1.807) is 0 Å². The van der Waals surface area contributed by atoms with Crippen LogP contribution in [0.4, 0.5) is 0 Å². The van der Waals surface area contributed by atoms with Crippen LogP contribution in [-0.4, -0.2) is 34.7 Å². The van der Waals surface area contributed by atoms with Crippen molar-refractivity contribution in [1.82, 2.24) is 5.32 Å². The van der Waals surface area contributed by atoms with Gasteiger partial charge in [0.15, 0.2) is 0 Å². The van der Waals surface area contributed by atoms with Gasteiger partial charge in [0.05, 0.1) is 5.60 Å². The summed E-state index contributed by atoms with van der Waals surface area (Å²) in [4.78, 5) is 12.5. The van der Waals surface area contributed by atoms with E-state index in [-0.39, 0.29) is 5.91 Å². The Labute approximate surface area is 117 Å². The molecule has 1 saturated heterocycles. The minimum atomic E-state index is -0.718. The number of halogens is 1. The summed E-state index contributed by atoms with van der Waals surface area (Å²) in [7, 11) is 0. The summed E-state index contributed by atoms with van der Waals surface area (Å²) in [6.07, 6.45) is 1.51. The molecule has 2 rings (SSSR count). The Balaban J connectivity index is 1.90. The average molecular weight is 336 g/mol. The van der Waals surface area contributed by atoms with Crippen LogP contribution in [0.1, 0.15) is 22.5 Å². The zero-order chi connectivity index (χ0) is 12.3. The second-order valence-corrected chi connectivity index (χ2v) is 7.11. The maximum Gasteiger partial charge on any atom is 0.262 e. The highest BCUT2D eigenvalue weighted by molar-refractivity contribution is 9.10. The number of nitrogens with one attached hydrogen (secondary N) is 1. The molecule has 0 aromatic carbocycles. The molecule has 1 aromatic heterocycles. The smallest absolute Gasteiger partial charge is 0.262 e. The van der Waals surface area contributed by atoms with Crippen LogP contribution >= 0.6 is 39.0 Å². The largest absolute Gasteiger partial charge is 0.388 e. The SMILES string of the molecule is O=C(NCC1(O)CCSCC1)c1sccc1Br. The van der Waals surface area contributed by atoms with Gasteiger partial charge in [0.2, 0.25) is 0 Å². The van der Waals surface area contributed by atoms with Gasteiger partial charge in [-0.15, -0.1) is 11.3 Å². The van der Waals surface area contributed by atoms with Crippen molar-refractivity contribution in [2.75, 3.05) is 18.1 Å². The summed E-state index contributed by atoms with van der Waals surface area (Å²) in [5.74, 6) is 1.82. The van der Waals surface area contributed by atoms with Crippen LogP contribution in [0.25, 0.3) is 0 Å². The van der Waals surface area contributed by atoms with Crippen LogP contribution in [0.5, 0.6) is 0 Å². The summed E-state index contributed by atoms with van der Waals surface area (Å²) >= 11 is 6.58. The first-order valence-corrected chi connectivity index (χ1v) is 8.25. The zero-order valence-corrected chi connectivity index (χ0v) is 12.5. The van der Waals surface area contributed by atoms with Gasteiger partial charge in [0, 0.05) is 11.0 Å². The third-order valence-corrected chi connectivity index (χ3v) is 5.65. The molecule has 1 aliphatic rings. The number of carbonyl (C=O) groups is 1. The van der Waals surface area contributed by atoms with Gasteiger partial charge in [-0.2, -0.15) is 11.8 Å². The van der Waals surface area contributed by atoms with Crippen molar-refractivity contribution in [3.63, 3.8) is 0 Å². The highest BCUT2D eigenvalue weighted by atomic mass is 79.9. The summed E-state index contributed by atoms with van der Waals surface area (Å²) in [6, 6.07) is 1.85. The van der Waals surface area contributed by atoms with Gasteiger partial charge in [-0.25, -0.2) is 0 Å². The fourth-order valence-electron chi connectivity index (χ4n) is 1.71. The number of hydrogen-bond donors (Lipinski definition) is 2. The average Bonchev–Trinajstić information content (AvgIpc) is 2.74. The molecule has 1 fully saturated rings. The van der Waals surface area contributed by atoms with Crippen molar-refractivity contribution in [3.8, 4) is 0 Å². The van der Waals surface area contributed by atoms with E-state index < -0.39 is 5.60 Å². The van der Waals surface area contributed by atoms with Gasteiger partial charge in [0.1, 0.15) is 4.88 Å². The molecule has 0 unspecified atom stereocenters. The fourth-order valence-corrected chi connectivity index (χ4v) is 4.43. The molecule has 1 aliphatic heterocycles. The molecule has 2 N–H and O–H groups in total. The molecule has 2 heterocycles. The van der Waals surface area contributed by atoms with Crippen molar-refractivity contribution >= 4 is 44.9 Å². The van der Waals surface area contributed by atoms with E-state index in [0.717, 1.165) is 28.8 Å². The third-order valence-electron chi connectivity index (χ3n) is 2.82. The lowest BCUT2D eigenvalue weighted by Gasteiger charge is -2.31. The molecule has 0 atom stereocenters. The molecule has 0 saturated carbocycles. The van der Waals surface area contributed by atoms with Gasteiger partial charge >= 0.3 is 0 Å². The van der Waals surface area contributed by atoms with Crippen LogP contribution in [0.15, 0.2) is 15.9 Å². The third kappa shape index (κ3) is 3.47. The summed E-state index contributed by atoms with van der Waals surface area (Å²) in [5, 5.41) is 14.9. The minimum Gasteiger partial charge on any atom is -0.388 e. The van der Waals surface area contributed by atoms with Crippen LogP contribution in [0.3, 0.4) is 0 Å². The maximum atomic E-state index is 11.9. The molecule has 1 amide bonds. The number of thiophene rings is 1. The zero-order valence-electron chi connectivity index (χ0n) is 9.24. The van der Waals surface area contributed by atoms with Gasteiger partial charge in [-0.3, -0.25) is 4.79 Å². The first-order chi connectivity index (χ1) is 8.11. The van der Waals surface area contributed by atoms with Crippen molar-refractivity contribution in [2.45, 2.75) is 18.4 Å². The first-order valence-electron chi connectivity index (χ1n) is 5.42. The van der Waals surface area contributed by atoms with Crippen molar-refractivity contribution < 1.29 is 9.90 Å². The molecule has 0 aliphatic carbocycles. The van der Waals surface area contributed by atoms with E-state index in [2.05, 4.69) is 21.2 Å². The Hall–Kier alpha value is -0.0400. The normalized spacial score (nSPS) is 18.9. The number of hydrogen-bond acceptors (Lipinski definition) is 4. The highest BCUT2D eigenvalue weighted by Crippen LogP contribution is 2.27. The van der Waals surface area contributed by atoms with Crippen LogP contribution in [0.2, 0.25) is 0 Å². The maximum absolute atomic E-state index is 11.9. The Morgan fingerprint density at radius 3 is 2.82 bits per heavy atom. The molecule has 3 nitrogen and oxygen atoms in total.